The van der Waals surface area contributed by atoms with Gasteiger partial charge in [0, 0.05) is 21.3 Å². The number of carbonyl (C=O) groups is 2. The molecular weight excluding hydrogens is 262 g/mol. The van der Waals surface area contributed by atoms with Gasteiger partial charge in [-0.05, 0) is 0 Å². The van der Waals surface area contributed by atoms with Crippen molar-refractivity contribution in [1.82, 2.24) is 0 Å². The summed E-state index contributed by atoms with van der Waals surface area (Å²) in [7, 11) is 1.14. The summed E-state index contributed by atoms with van der Waals surface area (Å²) >= 11 is 0. The lowest BCUT2D eigenvalue weighted by molar-refractivity contribution is -0.157. The average Bonchev–Trinajstić information content (AvgIpc) is 2.39. The lowest BCUT2D eigenvalue weighted by Crippen LogP contribution is -2.48. The van der Waals surface area contributed by atoms with Crippen molar-refractivity contribution in [1.29, 1.82) is 5.26 Å². The van der Waals surface area contributed by atoms with Crippen LogP contribution in [-0.2, 0) is 32.3 Å². The second-order valence-corrected chi connectivity index (χ2v) is 5.83. The van der Waals surface area contributed by atoms with Gasteiger partial charge >= 0.3 is 20.7 Å². The lowest BCUT2D eigenvalue weighted by atomic mass is 10.5. The van der Waals surface area contributed by atoms with Crippen molar-refractivity contribution in [3.63, 3.8) is 0 Å². The van der Waals surface area contributed by atoms with Crippen molar-refractivity contribution in [3.8, 4) is 6.07 Å². The molecule has 0 bridgehead atoms. The average molecular weight is 277 g/mol. The van der Waals surface area contributed by atoms with Gasteiger partial charge in [0.1, 0.15) is 6.42 Å². The van der Waals surface area contributed by atoms with Crippen LogP contribution >= 0.6 is 0 Å². The fourth-order valence-electron chi connectivity index (χ4n) is 0.892. The number of esters is 2. The number of nitrogens with zero attached hydrogens (tertiary/aromatic N) is 1. The zero-order chi connectivity index (χ0) is 14.0. The summed E-state index contributed by atoms with van der Waals surface area (Å²) in [5.74, 6) is -1.56. The number of carbonyl (C=O) groups excluding carboxylic acids is 2. The third-order valence-electron chi connectivity index (χ3n) is 1.92. The molecule has 0 N–H and O–H groups in total. The van der Waals surface area contributed by atoms with Gasteiger partial charge in [0.05, 0.1) is 6.07 Å². The van der Waals surface area contributed by atoms with Crippen molar-refractivity contribution in [2.45, 2.75) is 6.42 Å². The molecule has 0 amide bonds. The maximum Gasteiger partial charge on any atom is 0.539 e. The molecule has 0 atom stereocenters. The monoisotopic (exact) mass is 277 g/mol. The van der Waals surface area contributed by atoms with Gasteiger partial charge in [0.25, 0.3) is 0 Å². The zero-order valence-electron chi connectivity index (χ0n) is 10.4. The Labute approximate surface area is 106 Å². The van der Waals surface area contributed by atoms with Crippen molar-refractivity contribution in [3.05, 3.63) is 0 Å². The van der Waals surface area contributed by atoms with Crippen LogP contribution in [0.1, 0.15) is 6.42 Å². The molecular formula is C9H15NO7Si. The molecule has 0 heterocycles. The van der Waals surface area contributed by atoms with Crippen LogP contribution in [0.25, 0.3) is 0 Å². The van der Waals surface area contributed by atoms with E-state index in [1.54, 1.807) is 6.07 Å². The molecule has 0 spiro atoms. The van der Waals surface area contributed by atoms with Crippen LogP contribution in [0.15, 0.2) is 0 Å². The minimum Gasteiger partial charge on any atom is -0.459 e. The highest BCUT2D eigenvalue weighted by Gasteiger charge is 2.40. The smallest absolute Gasteiger partial charge is 0.459 e. The molecule has 0 unspecified atom stereocenters. The summed E-state index contributed by atoms with van der Waals surface area (Å²) in [5, 5.41) is 8.20. The van der Waals surface area contributed by atoms with Crippen LogP contribution in [0.5, 0.6) is 0 Å². The van der Waals surface area contributed by atoms with E-state index in [2.05, 4.69) is 4.74 Å². The molecule has 0 aromatic rings. The van der Waals surface area contributed by atoms with Crippen LogP contribution in [0.4, 0.5) is 0 Å². The normalized spacial score (nSPS) is 10.6. The minimum atomic E-state index is -2.99. The first-order valence-corrected chi connectivity index (χ1v) is 6.80. The fourth-order valence-corrected chi connectivity index (χ4v) is 2.08. The highest BCUT2D eigenvalue weighted by molar-refractivity contribution is 6.60. The SMILES string of the molecule is CO[Si](COC(=O)COC(=O)CC#N)(OC)OC. The number of ether oxygens (including phenoxy) is 2. The van der Waals surface area contributed by atoms with E-state index in [4.69, 9.17) is 23.3 Å². The lowest BCUT2D eigenvalue weighted by Gasteiger charge is -2.23. The number of hydrogen-bond donors (Lipinski definition) is 0. The van der Waals surface area contributed by atoms with Gasteiger partial charge in [0.15, 0.2) is 12.8 Å². The molecule has 0 saturated heterocycles. The molecule has 102 valence electrons. The van der Waals surface area contributed by atoms with E-state index in [0.29, 0.717) is 0 Å². The molecule has 18 heavy (non-hydrogen) atoms. The Morgan fingerprint density at radius 2 is 1.61 bits per heavy atom. The van der Waals surface area contributed by atoms with Gasteiger partial charge < -0.3 is 22.8 Å². The summed E-state index contributed by atoms with van der Waals surface area (Å²) in [5.41, 5.74) is 0. The topological polar surface area (TPSA) is 104 Å². The second-order valence-electron chi connectivity index (χ2n) is 2.95. The molecule has 0 fully saturated rings. The molecule has 0 aliphatic carbocycles. The Morgan fingerprint density at radius 1 is 1.06 bits per heavy atom. The van der Waals surface area contributed by atoms with Gasteiger partial charge in [0.2, 0.25) is 0 Å². The summed E-state index contributed by atoms with van der Waals surface area (Å²) < 4.78 is 24.3. The summed E-state index contributed by atoms with van der Waals surface area (Å²) in [6.45, 7) is -0.567. The standard InChI is InChI=1S/C9H15NO7Si/c1-13-18(14-2,15-3)7-17-9(12)6-16-8(11)4-5-10/h4,6-7H2,1-3H3. The van der Waals surface area contributed by atoms with Crippen molar-refractivity contribution in [2.24, 2.45) is 0 Å². The third-order valence-corrected chi connectivity index (χ3v) is 4.28. The van der Waals surface area contributed by atoms with Gasteiger partial charge in [-0.1, -0.05) is 0 Å². The Balaban J connectivity index is 4.03. The first-order valence-electron chi connectivity index (χ1n) is 4.87. The molecule has 8 nitrogen and oxygen atoms in total. The van der Waals surface area contributed by atoms with Crippen molar-refractivity contribution < 1.29 is 32.3 Å². The second kappa shape index (κ2) is 8.59. The van der Waals surface area contributed by atoms with E-state index < -0.39 is 33.8 Å². The Morgan fingerprint density at radius 3 is 2.06 bits per heavy atom. The van der Waals surface area contributed by atoms with Gasteiger partial charge in [-0.15, -0.1) is 0 Å². The predicted molar refractivity (Wildman–Crippen MR) is 58.9 cm³/mol. The number of hydrogen-bond acceptors (Lipinski definition) is 8. The largest absolute Gasteiger partial charge is 0.539 e. The van der Waals surface area contributed by atoms with E-state index in [1.807, 2.05) is 0 Å². The summed E-state index contributed by atoms with van der Waals surface area (Å²) in [4.78, 5) is 22.0. The highest BCUT2D eigenvalue weighted by Crippen LogP contribution is 2.06. The summed E-state index contributed by atoms with van der Waals surface area (Å²) in [6.07, 6.45) is -0.606. The summed E-state index contributed by atoms with van der Waals surface area (Å²) in [6, 6.07) is 1.60. The maximum absolute atomic E-state index is 11.2. The third kappa shape index (κ3) is 5.74. The first-order chi connectivity index (χ1) is 8.53. The molecule has 0 aromatic heterocycles. The van der Waals surface area contributed by atoms with E-state index >= 15 is 0 Å². The van der Waals surface area contributed by atoms with Crippen LogP contribution < -0.4 is 0 Å². The first kappa shape index (κ1) is 16.5. The van der Waals surface area contributed by atoms with Crippen molar-refractivity contribution >= 4 is 20.7 Å². The van der Waals surface area contributed by atoms with Crippen LogP contribution in [0.2, 0.25) is 0 Å². The van der Waals surface area contributed by atoms with E-state index in [0.717, 1.165) is 0 Å². The number of nitriles is 1. The van der Waals surface area contributed by atoms with Crippen LogP contribution in [0, 0.1) is 11.3 Å². The minimum absolute atomic E-state index is 0.189. The quantitative estimate of drug-likeness (QED) is 0.428. The molecule has 0 saturated carbocycles. The van der Waals surface area contributed by atoms with E-state index in [1.165, 1.54) is 21.3 Å². The van der Waals surface area contributed by atoms with E-state index in [9.17, 15) is 9.59 Å². The van der Waals surface area contributed by atoms with Gasteiger partial charge in [-0.3, -0.25) is 4.79 Å². The zero-order valence-corrected chi connectivity index (χ0v) is 11.4. The molecule has 0 radical (unpaired) electrons. The Hall–Kier alpha value is -1.47. The molecule has 9 heteroatoms. The number of rotatable bonds is 8. The predicted octanol–water partition coefficient (Wildman–Crippen LogP) is -0.596. The maximum atomic E-state index is 11.2. The van der Waals surface area contributed by atoms with Gasteiger partial charge in [-0.2, -0.15) is 5.26 Å². The van der Waals surface area contributed by atoms with Crippen molar-refractivity contribution in [2.75, 3.05) is 34.2 Å². The van der Waals surface area contributed by atoms with Gasteiger partial charge in [-0.25, -0.2) is 4.79 Å². The van der Waals surface area contributed by atoms with Crippen LogP contribution in [0.3, 0.4) is 0 Å². The highest BCUT2D eigenvalue weighted by atomic mass is 28.4. The molecule has 0 rings (SSSR count). The Bertz CT molecular complexity index is 315. The fraction of sp³-hybridized carbons (Fsp3) is 0.667. The Kier molecular flexibility index (Phi) is 7.89. The van der Waals surface area contributed by atoms with E-state index in [-0.39, 0.29) is 6.23 Å². The molecule has 0 aromatic carbocycles. The molecule has 0 aliphatic heterocycles. The van der Waals surface area contributed by atoms with Crippen LogP contribution in [-0.4, -0.2) is 54.9 Å². The molecule has 0 aliphatic rings.